The monoisotopic (exact) mass is 370 g/mol. The Kier molecular flexibility index (Phi) is 5.68. The van der Waals surface area contributed by atoms with Gasteiger partial charge >= 0.3 is 0 Å². The van der Waals surface area contributed by atoms with E-state index >= 15 is 0 Å². The molecule has 1 heterocycles. The Bertz CT molecular complexity index is 939. The standard InChI is InChI=1S/C19H19FN4OS/c1-13-3-5-14(6-4-13)11-21-17-18(25)24(2)19(23-22-17)26-12-15-7-9-16(20)10-8-15/h3-10H,11-12H2,1-2H3,(H,21,22). The number of anilines is 1. The zero-order valence-corrected chi connectivity index (χ0v) is 15.4. The van der Waals surface area contributed by atoms with E-state index in [0.717, 1.165) is 11.1 Å². The summed E-state index contributed by atoms with van der Waals surface area (Å²) < 4.78 is 14.4. The van der Waals surface area contributed by atoms with Crippen LogP contribution in [0.2, 0.25) is 0 Å². The van der Waals surface area contributed by atoms with Crippen molar-refractivity contribution >= 4 is 17.6 Å². The van der Waals surface area contributed by atoms with E-state index in [0.29, 0.717) is 17.5 Å². The van der Waals surface area contributed by atoms with E-state index in [1.54, 1.807) is 19.2 Å². The van der Waals surface area contributed by atoms with Gasteiger partial charge in [-0.2, -0.15) is 0 Å². The van der Waals surface area contributed by atoms with Crippen LogP contribution in [0.5, 0.6) is 0 Å². The second kappa shape index (κ2) is 8.14. The van der Waals surface area contributed by atoms with Crippen molar-refractivity contribution < 1.29 is 4.39 Å². The van der Waals surface area contributed by atoms with Crippen molar-refractivity contribution in [3.63, 3.8) is 0 Å². The summed E-state index contributed by atoms with van der Waals surface area (Å²) in [4.78, 5) is 12.5. The van der Waals surface area contributed by atoms with Crippen molar-refractivity contribution in [2.75, 3.05) is 5.32 Å². The highest BCUT2D eigenvalue weighted by Crippen LogP contribution is 2.19. The summed E-state index contributed by atoms with van der Waals surface area (Å²) in [5, 5.41) is 11.7. The maximum absolute atomic E-state index is 12.9. The van der Waals surface area contributed by atoms with Gasteiger partial charge in [0, 0.05) is 19.3 Å². The Hall–Kier alpha value is -2.67. The van der Waals surface area contributed by atoms with E-state index in [-0.39, 0.29) is 17.2 Å². The Morgan fingerprint density at radius 3 is 2.38 bits per heavy atom. The number of benzene rings is 2. The molecule has 134 valence electrons. The molecule has 0 fully saturated rings. The number of aryl methyl sites for hydroxylation is 1. The first-order valence-corrected chi connectivity index (χ1v) is 9.12. The largest absolute Gasteiger partial charge is 0.360 e. The third kappa shape index (κ3) is 4.49. The average molecular weight is 370 g/mol. The van der Waals surface area contributed by atoms with E-state index in [2.05, 4.69) is 15.5 Å². The number of nitrogens with zero attached hydrogens (tertiary/aromatic N) is 3. The smallest absolute Gasteiger partial charge is 0.296 e. The second-order valence-electron chi connectivity index (χ2n) is 5.95. The molecule has 5 nitrogen and oxygen atoms in total. The molecule has 0 aliphatic rings. The summed E-state index contributed by atoms with van der Waals surface area (Å²) in [7, 11) is 1.67. The molecule has 0 saturated carbocycles. The van der Waals surface area contributed by atoms with Crippen molar-refractivity contribution in [3.05, 3.63) is 81.4 Å². The van der Waals surface area contributed by atoms with Gasteiger partial charge in [-0.05, 0) is 30.2 Å². The molecule has 0 bridgehead atoms. The molecular formula is C19H19FN4OS. The Labute approximate surface area is 155 Å². The second-order valence-corrected chi connectivity index (χ2v) is 6.89. The zero-order valence-electron chi connectivity index (χ0n) is 14.6. The topological polar surface area (TPSA) is 59.8 Å². The number of rotatable bonds is 6. The van der Waals surface area contributed by atoms with Crippen LogP contribution < -0.4 is 10.9 Å². The maximum Gasteiger partial charge on any atom is 0.296 e. The molecule has 0 amide bonds. The van der Waals surface area contributed by atoms with Crippen molar-refractivity contribution in [3.8, 4) is 0 Å². The van der Waals surface area contributed by atoms with E-state index in [1.807, 2.05) is 31.2 Å². The molecule has 0 aliphatic carbocycles. The van der Waals surface area contributed by atoms with Gasteiger partial charge in [-0.3, -0.25) is 9.36 Å². The van der Waals surface area contributed by atoms with Crippen LogP contribution in [-0.4, -0.2) is 14.8 Å². The lowest BCUT2D eigenvalue weighted by molar-refractivity contribution is 0.627. The van der Waals surface area contributed by atoms with Crippen LogP contribution in [0, 0.1) is 12.7 Å². The lowest BCUT2D eigenvalue weighted by Crippen LogP contribution is -2.25. The molecule has 26 heavy (non-hydrogen) atoms. The van der Waals surface area contributed by atoms with Crippen LogP contribution >= 0.6 is 11.8 Å². The number of hydrogen-bond donors (Lipinski definition) is 1. The summed E-state index contributed by atoms with van der Waals surface area (Å²) in [6, 6.07) is 14.3. The number of aromatic nitrogens is 3. The normalized spacial score (nSPS) is 10.7. The van der Waals surface area contributed by atoms with E-state index < -0.39 is 0 Å². The van der Waals surface area contributed by atoms with Gasteiger partial charge in [-0.15, -0.1) is 10.2 Å². The van der Waals surface area contributed by atoms with Crippen molar-refractivity contribution in [1.29, 1.82) is 0 Å². The van der Waals surface area contributed by atoms with E-state index in [1.165, 1.54) is 34.0 Å². The highest BCUT2D eigenvalue weighted by Gasteiger charge is 2.10. The molecule has 7 heteroatoms. The number of halogens is 1. The summed E-state index contributed by atoms with van der Waals surface area (Å²) in [5.74, 6) is 0.535. The van der Waals surface area contributed by atoms with Crippen LogP contribution in [-0.2, 0) is 19.3 Å². The summed E-state index contributed by atoms with van der Waals surface area (Å²) >= 11 is 1.38. The SMILES string of the molecule is Cc1ccc(CNc2nnc(SCc3ccc(F)cc3)n(C)c2=O)cc1. The minimum atomic E-state index is -0.269. The van der Waals surface area contributed by atoms with Crippen LogP contribution in [0.4, 0.5) is 10.2 Å². The van der Waals surface area contributed by atoms with Gasteiger partial charge in [0.25, 0.3) is 5.56 Å². The van der Waals surface area contributed by atoms with Crippen molar-refractivity contribution in [2.24, 2.45) is 7.05 Å². The molecule has 0 atom stereocenters. The average Bonchev–Trinajstić information content (AvgIpc) is 2.65. The van der Waals surface area contributed by atoms with Crippen molar-refractivity contribution in [1.82, 2.24) is 14.8 Å². The van der Waals surface area contributed by atoms with Crippen LogP contribution in [0.1, 0.15) is 16.7 Å². The minimum absolute atomic E-state index is 0.221. The van der Waals surface area contributed by atoms with Gasteiger partial charge in [-0.25, -0.2) is 4.39 Å². The van der Waals surface area contributed by atoms with Crippen LogP contribution in [0.25, 0.3) is 0 Å². The third-order valence-electron chi connectivity index (χ3n) is 3.89. The molecule has 0 radical (unpaired) electrons. The molecule has 1 N–H and O–H groups in total. The third-order valence-corrected chi connectivity index (χ3v) is 4.98. The Morgan fingerprint density at radius 1 is 1.04 bits per heavy atom. The van der Waals surface area contributed by atoms with Gasteiger partial charge in [0.2, 0.25) is 5.82 Å². The predicted molar refractivity (Wildman–Crippen MR) is 102 cm³/mol. The van der Waals surface area contributed by atoms with E-state index in [4.69, 9.17) is 0 Å². The summed E-state index contributed by atoms with van der Waals surface area (Å²) in [6.07, 6.45) is 0. The summed E-state index contributed by atoms with van der Waals surface area (Å²) in [5.41, 5.74) is 2.97. The molecule has 2 aromatic carbocycles. The molecular weight excluding hydrogens is 351 g/mol. The molecule has 3 aromatic rings. The van der Waals surface area contributed by atoms with E-state index in [9.17, 15) is 9.18 Å². The molecule has 0 aliphatic heterocycles. The minimum Gasteiger partial charge on any atom is -0.360 e. The molecule has 0 saturated heterocycles. The summed E-state index contributed by atoms with van der Waals surface area (Å²) in [6.45, 7) is 2.53. The zero-order chi connectivity index (χ0) is 18.5. The van der Waals surface area contributed by atoms with Gasteiger partial charge in [0.05, 0.1) is 0 Å². The number of hydrogen-bond acceptors (Lipinski definition) is 5. The molecule has 3 rings (SSSR count). The lowest BCUT2D eigenvalue weighted by atomic mass is 10.1. The molecule has 0 spiro atoms. The Balaban J connectivity index is 1.66. The number of nitrogens with one attached hydrogen (secondary N) is 1. The van der Waals surface area contributed by atoms with Crippen molar-refractivity contribution in [2.45, 2.75) is 24.4 Å². The molecule has 0 unspecified atom stereocenters. The van der Waals surface area contributed by atoms with Crippen LogP contribution in [0.3, 0.4) is 0 Å². The Morgan fingerprint density at radius 2 is 1.69 bits per heavy atom. The fourth-order valence-electron chi connectivity index (χ4n) is 2.31. The van der Waals surface area contributed by atoms with Crippen LogP contribution in [0.15, 0.2) is 58.5 Å². The first-order valence-electron chi connectivity index (χ1n) is 8.13. The van der Waals surface area contributed by atoms with Gasteiger partial charge < -0.3 is 5.32 Å². The maximum atomic E-state index is 12.9. The quantitative estimate of drug-likeness (QED) is 0.673. The predicted octanol–water partition coefficient (Wildman–Crippen LogP) is 3.53. The molecule has 1 aromatic heterocycles. The van der Waals surface area contributed by atoms with Gasteiger partial charge in [0.15, 0.2) is 5.16 Å². The van der Waals surface area contributed by atoms with Gasteiger partial charge in [-0.1, -0.05) is 53.7 Å². The van der Waals surface area contributed by atoms with Gasteiger partial charge in [0.1, 0.15) is 5.82 Å². The highest BCUT2D eigenvalue weighted by atomic mass is 32.2. The lowest BCUT2D eigenvalue weighted by Gasteiger charge is -2.09. The fraction of sp³-hybridized carbons (Fsp3) is 0.211. The first-order chi connectivity index (χ1) is 12.5. The highest BCUT2D eigenvalue weighted by molar-refractivity contribution is 7.98. The fourth-order valence-corrected chi connectivity index (χ4v) is 3.17. The number of thioether (sulfide) groups is 1. The first kappa shape index (κ1) is 18.1.